The van der Waals surface area contributed by atoms with Gasteiger partial charge in [0.05, 0.1) is 12.0 Å². The van der Waals surface area contributed by atoms with E-state index in [0.717, 1.165) is 0 Å². The third-order valence-corrected chi connectivity index (χ3v) is 4.79. The van der Waals surface area contributed by atoms with Gasteiger partial charge in [-0.25, -0.2) is 0 Å². The topological polar surface area (TPSA) is 46.5 Å². The Hall–Kier alpha value is 1.60. The van der Waals surface area contributed by atoms with E-state index in [0.29, 0.717) is 0 Å². The first-order valence-corrected chi connectivity index (χ1v) is 6.63. The maximum atomic E-state index is 11.1. The average Bonchev–Trinajstić information content (AvgIpc) is 1.98. The molecule has 9 heteroatoms. The highest BCUT2D eigenvalue weighted by molar-refractivity contribution is 7.61. The highest BCUT2D eigenvalue weighted by atomic mass is 35.6. The number of alkyl halides is 5. The van der Waals surface area contributed by atoms with Crippen molar-refractivity contribution < 1.29 is 14.0 Å². The molecule has 0 saturated heterocycles. The van der Waals surface area contributed by atoms with E-state index in [-0.39, 0.29) is 12.5 Å². The Balaban J connectivity index is 4.13. The molecular weight excluding hydrogens is 304 g/mol. The quantitative estimate of drug-likeness (QED) is 0.640. The molecule has 3 nitrogen and oxygen atoms in total. The summed E-state index contributed by atoms with van der Waals surface area (Å²) >= 11 is 26.3. The van der Waals surface area contributed by atoms with Gasteiger partial charge >= 0.3 is 7.60 Å². The first-order valence-electron chi connectivity index (χ1n) is 2.95. The van der Waals surface area contributed by atoms with Crippen LogP contribution in [-0.4, -0.2) is 26.3 Å². The number of rotatable bonds is 4. The molecule has 0 spiro atoms. The van der Waals surface area contributed by atoms with Crippen LogP contribution in [0.15, 0.2) is 0 Å². The molecule has 0 aromatic heterocycles. The minimum absolute atomic E-state index is 0.0708. The lowest BCUT2D eigenvalue weighted by Gasteiger charge is -2.19. The van der Waals surface area contributed by atoms with Crippen molar-refractivity contribution in [3.05, 3.63) is 0 Å². The molecule has 80 valence electrons. The molecule has 0 rings (SSSR count). The van der Waals surface area contributed by atoms with E-state index >= 15 is 0 Å². The maximum Gasteiger partial charge on any atom is 0.379 e. The van der Waals surface area contributed by atoms with Gasteiger partial charge in [0.25, 0.3) is 3.53 Å². The Bertz CT molecular complexity index is 204. The van der Waals surface area contributed by atoms with Gasteiger partial charge in [-0.1, -0.05) is 34.8 Å². The molecule has 0 aromatic carbocycles. The summed E-state index contributed by atoms with van der Waals surface area (Å²) in [6.45, 7) is -0.257. The predicted octanol–water partition coefficient (Wildman–Crippen LogP) is 3.36. The summed E-state index contributed by atoms with van der Waals surface area (Å²) < 4.78 is 13.2. The van der Waals surface area contributed by atoms with E-state index in [1.54, 1.807) is 0 Å². The normalized spacial score (nSPS) is 19.5. The summed E-state index contributed by atoms with van der Waals surface area (Å²) in [5, 5.41) is -0.602. The summed E-state index contributed by atoms with van der Waals surface area (Å²) in [5.74, 6) is 0.0708. The van der Waals surface area contributed by atoms with Crippen LogP contribution in [-0.2, 0) is 9.09 Å². The molecule has 0 aliphatic rings. The molecule has 2 unspecified atom stereocenters. The summed E-state index contributed by atoms with van der Waals surface area (Å²) in [6, 6.07) is 0. The molecule has 1 N–H and O–H groups in total. The molecule has 0 aromatic rings. The van der Waals surface area contributed by atoms with Crippen molar-refractivity contribution in [1.29, 1.82) is 0 Å². The summed E-state index contributed by atoms with van der Waals surface area (Å²) in [4.78, 5) is 9.03. The van der Waals surface area contributed by atoms with Crippen molar-refractivity contribution in [2.24, 2.45) is 0 Å². The zero-order valence-electron chi connectivity index (χ0n) is 6.09. The molecule has 0 radical (unpaired) electrons. The highest BCUT2D eigenvalue weighted by Gasteiger charge is 2.44. The minimum atomic E-state index is -4.29. The maximum absolute atomic E-state index is 11.1. The number of halogens is 5. The van der Waals surface area contributed by atoms with Crippen LogP contribution in [0.25, 0.3) is 0 Å². The molecule has 0 aliphatic carbocycles. The van der Waals surface area contributed by atoms with Gasteiger partial charge in [0.15, 0.2) is 0 Å². The van der Waals surface area contributed by atoms with Crippen molar-refractivity contribution in [3.63, 3.8) is 0 Å². The molecule has 0 amide bonds. The first kappa shape index (κ1) is 14.6. The molecule has 0 aliphatic heterocycles. The second-order valence-electron chi connectivity index (χ2n) is 2.04. The van der Waals surface area contributed by atoms with Crippen LogP contribution in [0.3, 0.4) is 0 Å². The Morgan fingerprint density at radius 1 is 1.46 bits per heavy atom. The Kier molecular flexibility index (Phi) is 6.31. The van der Waals surface area contributed by atoms with E-state index < -0.39 is 16.5 Å². The fraction of sp³-hybridized carbons (Fsp3) is 1.00. The lowest BCUT2D eigenvalue weighted by molar-refractivity contribution is 0.262. The standard InChI is InChI=1S/C4H6Cl5O3P/c5-1-3(6)2-12-13(10,11)4(7,8)9/h3H,1-2H2,(H,10,11). The summed E-state index contributed by atoms with van der Waals surface area (Å²) in [6.07, 6.45) is 0. The van der Waals surface area contributed by atoms with E-state index in [1.807, 2.05) is 0 Å². The van der Waals surface area contributed by atoms with Gasteiger partial charge in [-0.3, -0.25) is 4.57 Å². The zero-order valence-corrected chi connectivity index (χ0v) is 10.8. The summed E-state index contributed by atoms with van der Waals surface area (Å²) in [5.41, 5.74) is 0. The molecule has 0 bridgehead atoms. The third kappa shape index (κ3) is 5.29. The van der Waals surface area contributed by atoms with E-state index in [4.69, 9.17) is 62.9 Å². The van der Waals surface area contributed by atoms with Gasteiger partial charge < -0.3 is 9.42 Å². The van der Waals surface area contributed by atoms with Crippen LogP contribution in [0.4, 0.5) is 0 Å². The second-order valence-corrected chi connectivity index (χ2v) is 8.00. The molecule has 0 heterocycles. The molecule has 0 fully saturated rings. The summed E-state index contributed by atoms with van der Waals surface area (Å²) in [7, 11) is -4.29. The molecular formula is C4H6Cl5O3P. The smallest absolute Gasteiger partial charge is 0.321 e. The van der Waals surface area contributed by atoms with Crippen LogP contribution in [0.2, 0.25) is 0 Å². The Morgan fingerprint density at radius 2 is 1.92 bits per heavy atom. The zero-order chi connectivity index (χ0) is 10.7. The van der Waals surface area contributed by atoms with Crippen molar-refractivity contribution in [3.8, 4) is 0 Å². The highest BCUT2D eigenvalue weighted by Crippen LogP contribution is 2.62. The Labute approximate surface area is 101 Å². The van der Waals surface area contributed by atoms with Crippen molar-refractivity contribution in [2.75, 3.05) is 12.5 Å². The van der Waals surface area contributed by atoms with Gasteiger partial charge in [-0.2, -0.15) is 0 Å². The van der Waals surface area contributed by atoms with Gasteiger partial charge in [-0.05, 0) is 0 Å². The van der Waals surface area contributed by atoms with Crippen LogP contribution >= 0.6 is 65.6 Å². The van der Waals surface area contributed by atoms with Gasteiger partial charge in [-0.15, -0.1) is 23.2 Å². The lowest BCUT2D eigenvalue weighted by Crippen LogP contribution is -2.14. The van der Waals surface area contributed by atoms with Crippen LogP contribution < -0.4 is 0 Å². The predicted molar refractivity (Wildman–Crippen MR) is 56.4 cm³/mol. The van der Waals surface area contributed by atoms with Crippen LogP contribution in [0, 0.1) is 0 Å². The fourth-order valence-corrected chi connectivity index (χ4v) is 1.51. The van der Waals surface area contributed by atoms with Gasteiger partial charge in [0.2, 0.25) is 0 Å². The number of hydrogen-bond acceptors (Lipinski definition) is 2. The second kappa shape index (κ2) is 5.62. The minimum Gasteiger partial charge on any atom is -0.321 e. The van der Waals surface area contributed by atoms with Crippen molar-refractivity contribution >= 4 is 65.6 Å². The van der Waals surface area contributed by atoms with Gasteiger partial charge in [0.1, 0.15) is 0 Å². The molecule has 13 heavy (non-hydrogen) atoms. The van der Waals surface area contributed by atoms with Gasteiger partial charge in [0, 0.05) is 5.88 Å². The molecule has 2 atom stereocenters. The van der Waals surface area contributed by atoms with Crippen LogP contribution in [0.5, 0.6) is 0 Å². The third-order valence-electron chi connectivity index (χ3n) is 0.918. The van der Waals surface area contributed by atoms with Crippen LogP contribution in [0.1, 0.15) is 0 Å². The van der Waals surface area contributed by atoms with Crippen molar-refractivity contribution in [2.45, 2.75) is 8.91 Å². The first-order chi connectivity index (χ1) is 5.70. The van der Waals surface area contributed by atoms with E-state index in [1.165, 1.54) is 0 Å². The number of hydrogen-bond donors (Lipinski definition) is 1. The van der Waals surface area contributed by atoms with Crippen molar-refractivity contribution in [1.82, 2.24) is 0 Å². The van der Waals surface area contributed by atoms with E-state index in [2.05, 4.69) is 4.52 Å². The SMILES string of the molecule is O=P(O)(OCC(Cl)CCl)C(Cl)(Cl)Cl. The molecule has 0 saturated carbocycles. The lowest BCUT2D eigenvalue weighted by atomic mass is 10.5. The Morgan fingerprint density at radius 3 is 2.23 bits per heavy atom. The fourth-order valence-electron chi connectivity index (χ4n) is 0.300. The monoisotopic (exact) mass is 308 g/mol. The average molecular weight is 310 g/mol. The van der Waals surface area contributed by atoms with E-state index in [9.17, 15) is 4.57 Å². The largest absolute Gasteiger partial charge is 0.379 e.